The third-order valence-electron chi connectivity index (χ3n) is 4.10. The summed E-state index contributed by atoms with van der Waals surface area (Å²) in [4.78, 5) is 24.9. The molecule has 0 fully saturated rings. The van der Waals surface area contributed by atoms with Crippen molar-refractivity contribution >= 4 is 11.9 Å². The number of nitrogens with one attached hydrogen (secondary N) is 1. The summed E-state index contributed by atoms with van der Waals surface area (Å²) in [7, 11) is 1.28. The van der Waals surface area contributed by atoms with Gasteiger partial charge in [0.1, 0.15) is 0 Å². The van der Waals surface area contributed by atoms with Crippen molar-refractivity contribution in [1.82, 2.24) is 5.32 Å². The molecule has 1 atom stereocenters. The minimum atomic E-state index is -3.12. The number of methoxy groups -OCH3 is 1. The highest BCUT2D eigenvalue weighted by Gasteiger charge is 2.24. The fourth-order valence-electron chi connectivity index (χ4n) is 2.77. The molecule has 0 aliphatic heterocycles. The van der Waals surface area contributed by atoms with Gasteiger partial charge in [-0.25, -0.2) is 0 Å². The summed E-state index contributed by atoms with van der Waals surface area (Å²) >= 11 is 0. The zero-order valence-electron chi connectivity index (χ0n) is 16.2. The van der Waals surface area contributed by atoms with E-state index in [1.807, 2.05) is 30.3 Å². The smallest absolute Gasteiger partial charge is 0.387 e. The number of benzene rings is 2. The third-order valence-corrected chi connectivity index (χ3v) is 4.10. The van der Waals surface area contributed by atoms with Gasteiger partial charge in [-0.3, -0.25) is 9.59 Å². The lowest BCUT2D eigenvalue weighted by Gasteiger charge is -2.18. The molecule has 0 saturated heterocycles. The van der Waals surface area contributed by atoms with Gasteiger partial charge in [-0.15, -0.1) is 0 Å². The van der Waals surface area contributed by atoms with Crippen LogP contribution in [-0.2, 0) is 16.0 Å². The van der Waals surface area contributed by atoms with E-state index >= 15 is 0 Å². The number of rotatable bonds is 10. The Hall–Kier alpha value is -3.16. The van der Waals surface area contributed by atoms with Crippen LogP contribution in [0.25, 0.3) is 0 Å². The van der Waals surface area contributed by atoms with Crippen molar-refractivity contribution in [2.45, 2.75) is 20.0 Å². The first kappa shape index (κ1) is 22.1. The first-order valence-electron chi connectivity index (χ1n) is 9.06. The van der Waals surface area contributed by atoms with Crippen molar-refractivity contribution in [3.05, 3.63) is 59.7 Å². The number of carbonyl (C=O) groups is 2. The third kappa shape index (κ3) is 6.44. The van der Waals surface area contributed by atoms with Gasteiger partial charge in [0.25, 0.3) is 5.91 Å². The van der Waals surface area contributed by atoms with Crippen molar-refractivity contribution in [3.63, 3.8) is 0 Å². The Balaban J connectivity index is 2.16. The second-order valence-corrected chi connectivity index (χ2v) is 6.06. The summed E-state index contributed by atoms with van der Waals surface area (Å²) in [6, 6.07) is 13.5. The van der Waals surface area contributed by atoms with Crippen LogP contribution in [0.1, 0.15) is 22.8 Å². The highest BCUT2D eigenvalue weighted by atomic mass is 19.3. The molecule has 2 rings (SSSR count). The largest absolute Gasteiger partial charge is 0.493 e. The van der Waals surface area contributed by atoms with E-state index < -0.39 is 24.4 Å². The lowest BCUT2D eigenvalue weighted by molar-refractivity contribution is -0.147. The number of alkyl halides is 2. The molecule has 0 radical (unpaired) electrons. The van der Waals surface area contributed by atoms with Gasteiger partial charge in [0.15, 0.2) is 11.5 Å². The molecular formula is C21H23F2NO5. The number of ether oxygens (including phenoxy) is 3. The summed E-state index contributed by atoms with van der Waals surface area (Å²) in [5, 5.41) is 2.60. The molecule has 1 unspecified atom stereocenters. The minimum Gasteiger partial charge on any atom is -0.493 e. The predicted octanol–water partition coefficient (Wildman–Crippen LogP) is 3.45. The van der Waals surface area contributed by atoms with E-state index in [2.05, 4.69) is 10.1 Å². The van der Waals surface area contributed by atoms with E-state index in [0.29, 0.717) is 6.42 Å². The lowest BCUT2D eigenvalue weighted by Crippen LogP contribution is -2.35. The lowest BCUT2D eigenvalue weighted by atomic mass is 9.99. The maximum atomic E-state index is 12.8. The fraction of sp³-hybridized carbons (Fsp3) is 0.333. The minimum absolute atomic E-state index is 0.00387. The molecule has 1 N–H and O–H groups in total. The van der Waals surface area contributed by atoms with Crippen molar-refractivity contribution in [2.24, 2.45) is 5.92 Å². The molecular weight excluding hydrogens is 384 g/mol. The molecule has 29 heavy (non-hydrogen) atoms. The normalized spacial score (nSPS) is 11.6. The summed E-state index contributed by atoms with van der Waals surface area (Å²) in [6.45, 7) is -1.25. The summed E-state index contributed by atoms with van der Waals surface area (Å²) in [6.07, 6.45) is 0.360. The number of halogens is 2. The van der Waals surface area contributed by atoms with Crippen molar-refractivity contribution in [3.8, 4) is 11.5 Å². The van der Waals surface area contributed by atoms with Crippen LogP contribution < -0.4 is 14.8 Å². The van der Waals surface area contributed by atoms with Gasteiger partial charge in [-0.2, -0.15) is 8.78 Å². The zero-order valence-corrected chi connectivity index (χ0v) is 16.2. The van der Waals surface area contributed by atoms with Crippen LogP contribution in [-0.4, -0.2) is 38.7 Å². The Morgan fingerprint density at radius 1 is 1.07 bits per heavy atom. The summed E-state index contributed by atoms with van der Waals surface area (Å²) < 4.78 is 40.1. The first-order valence-corrected chi connectivity index (χ1v) is 9.06. The Morgan fingerprint density at radius 2 is 1.79 bits per heavy atom. The quantitative estimate of drug-likeness (QED) is 0.611. The Labute approximate surface area is 167 Å². The van der Waals surface area contributed by atoms with Gasteiger partial charge >= 0.3 is 12.6 Å². The molecule has 2 aromatic rings. The maximum absolute atomic E-state index is 12.8. The predicted molar refractivity (Wildman–Crippen MR) is 102 cm³/mol. The van der Waals surface area contributed by atoms with Gasteiger partial charge in [0.2, 0.25) is 0 Å². The molecule has 0 aliphatic rings. The van der Waals surface area contributed by atoms with Gasteiger partial charge in [-0.05, 0) is 31.0 Å². The second kappa shape index (κ2) is 11.0. The van der Waals surface area contributed by atoms with E-state index in [1.54, 1.807) is 6.92 Å². The monoisotopic (exact) mass is 407 g/mol. The van der Waals surface area contributed by atoms with Crippen molar-refractivity contribution in [2.75, 3.05) is 20.3 Å². The molecule has 8 heteroatoms. The molecule has 0 aromatic heterocycles. The second-order valence-electron chi connectivity index (χ2n) is 6.06. The summed E-state index contributed by atoms with van der Waals surface area (Å²) in [5.74, 6) is -2.11. The number of carbonyl (C=O) groups excluding carboxylic acids is 2. The van der Waals surface area contributed by atoms with E-state index in [9.17, 15) is 18.4 Å². The summed E-state index contributed by atoms with van der Waals surface area (Å²) in [5.41, 5.74) is 0.787. The van der Waals surface area contributed by atoms with Crippen molar-refractivity contribution < 1.29 is 32.6 Å². The number of hydrogen-bond donors (Lipinski definition) is 1. The highest BCUT2D eigenvalue weighted by Crippen LogP contribution is 2.32. The van der Waals surface area contributed by atoms with Crippen LogP contribution in [0.3, 0.4) is 0 Å². The number of hydrogen-bond acceptors (Lipinski definition) is 5. The molecule has 0 aliphatic carbocycles. The number of esters is 1. The van der Waals surface area contributed by atoms with E-state index in [0.717, 1.165) is 5.56 Å². The molecule has 0 bridgehead atoms. The topological polar surface area (TPSA) is 73.9 Å². The van der Waals surface area contributed by atoms with E-state index in [4.69, 9.17) is 9.47 Å². The van der Waals surface area contributed by atoms with Crippen LogP contribution >= 0.6 is 0 Å². The molecule has 0 spiro atoms. The van der Waals surface area contributed by atoms with Crippen LogP contribution in [0.2, 0.25) is 0 Å². The molecule has 156 valence electrons. The fourth-order valence-corrected chi connectivity index (χ4v) is 2.77. The average molecular weight is 407 g/mol. The zero-order chi connectivity index (χ0) is 21.2. The molecule has 0 saturated carbocycles. The Bertz CT molecular complexity index is 814. The van der Waals surface area contributed by atoms with Gasteiger partial charge in [0, 0.05) is 6.54 Å². The van der Waals surface area contributed by atoms with Crippen molar-refractivity contribution in [1.29, 1.82) is 0 Å². The van der Waals surface area contributed by atoms with Crippen LogP contribution in [0.15, 0.2) is 48.5 Å². The number of para-hydroxylation sites is 1. The molecule has 6 nitrogen and oxygen atoms in total. The molecule has 0 heterocycles. The number of amides is 1. The Morgan fingerprint density at radius 3 is 2.41 bits per heavy atom. The van der Waals surface area contributed by atoms with Crippen LogP contribution in [0, 0.1) is 5.92 Å². The Kier molecular flexibility index (Phi) is 8.39. The highest BCUT2D eigenvalue weighted by molar-refractivity contribution is 5.98. The first-order chi connectivity index (χ1) is 14.0. The molecule has 2 aromatic carbocycles. The standard InChI is InChI=1S/C21H23F2NO5/c1-3-28-20(26)15(12-14-8-5-4-6-9-14)13-24-19(25)16-10-7-11-17(27-2)18(16)29-21(22)23/h4-11,15,21H,3,12-13H2,1-2H3,(H,24,25). The SMILES string of the molecule is CCOC(=O)C(CNC(=O)c1cccc(OC)c1OC(F)F)Cc1ccccc1. The van der Waals surface area contributed by atoms with E-state index in [-0.39, 0.29) is 30.2 Å². The molecule has 1 amide bonds. The van der Waals surface area contributed by atoms with Crippen LogP contribution in [0.5, 0.6) is 11.5 Å². The van der Waals surface area contributed by atoms with Gasteiger partial charge in [-0.1, -0.05) is 36.4 Å². The van der Waals surface area contributed by atoms with Gasteiger partial charge < -0.3 is 19.5 Å². The van der Waals surface area contributed by atoms with Crippen LogP contribution in [0.4, 0.5) is 8.78 Å². The average Bonchev–Trinajstić information content (AvgIpc) is 2.71. The van der Waals surface area contributed by atoms with Gasteiger partial charge in [0.05, 0.1) is 25.2 Å². The van der Waals surface area contributed by atoms with E-state index in [1.165, 1.54) is 25.3 Å². The maximum Gasteiger partial charge on any atom is 0.387 e.